The second-order valence-corrected chi connectivity index (χ2v) is 11.2. The van der Waals surface area contributed by atoms with Gasteiger partial charge >= 0.3 is 0 Å². The normalized spacial score (nSPS) is 13.1. The molecule has 7 aromatic rings. The molecule has 210 valence electrons. The van der Waals surface area contributed by atoms with E-state index < -0.39 is 0 Å². The summed E-state index contributed by atoms with van der Waals surface area (Å²) < 4.78 is 1.77. The molecule has 0 radical (unpaired) electrons. The van der Waals surface area contributed by atoms with Gasteiger partial charge in [-0.2, -0.15) is 9.61 Å². The van der Waals surface area contributed by atoms with Crippen LogP contribution in [0, 0.1) is 6.92 Å². The Hall–Kier alpha value is -5.68. The van der Waals surface area contributed by atoms with Crippen LogP contribution in [0.3, 0.4) is 0 Å². The molecule has 5 nitrogen and oxygen atoms in total. The van der Waals surface area contributed by atoms with Crippen LogP contribution in [0.15, 0.2) is 114 Å². The van der Waals surface area contributed by atoms with Crippen molar-refractivity contribution in [2.24, 2.45) is 4.99 Å². The molecule has 0 amide bonds. The van der Waals surface area contributed by atoms with Crippen molar-refractivity contribution in [3.63, 3.8) is 0 Å². The summed E-state index contributed by atoms with van der Waals surface area (Å²) in [7, 11) is 0. The molecule has 0 unspecified atom stereocenters. The van der Waals surface area contributed by atoms with E-state index in [2.05, 4.69) is 121 Å². The molecule has 0 bridgehead atoms. The van der Waals surface area contributed by atoms with Crippen LogP contribution < -0.4 is 0 Å². The van der Waals surface area contributed by atoms with Gasteiger partial charge in [-0.05, 0) is 87.8 Å². The quantitative estimate of drug-likeness (QED) is 0.195. The molecule has 0 fully saturated rings. The van der Waals surface area contributed by atoms with Crippen molar-refractivity contribution in [3.8, 4) is 11.3 Å². The molecular formula is C39H29N5. The fraction of sp³-hybridized carbons (Fsp3) is 0.0769. The van der Waals surface area contributed by atoms with Crippen molar-refractivity contribution in [2.45, 2.75) is 19.8 Å². The molecule has 0 spiro atoms. The first kappa shape index (κ1) is 26.0. The van der Waals surface area contributed by atoms with Gasteiger partial charge in [0.2, 0.25) is 0 Å². The minimum absolute atomic E-state index is 0.516. The topological polar surface area (TPSA) is 55.4 Å². The highest BCUT2D eigenvalue weighted by atomic mass is 15.3. The minimum atomic E-state index is 0.516. The molecule has 0 aliphatic heterocycles. The monoisotopic (exact) mass is 567 g/mol. The molecule has 0 atom stereocenters. The van der Waals surface area contributed by atoms with E-state index in [0.29, 0.717) is 11.6 Å². The molecular weight excluding hydrogens is 538 g/mol. The largest absolute Gasteiger partial charge is 0.253 e. The fourth-order valence-corrected chi connectivity index (χ4v) is 5.90. The van der Waals surface area contributed by atoms with Gasteiger partial charge in [0.15, 0.2) is 5.82 Å². The van der Waals surface area contributed by atoms with Crippen LogP contribution in [0.1, 0.15) is 40.1 Å². The molecule has 8 rings (SSSR count). The number of fused-ring (bicyclic) bond motifs is 4. The second kappa shape index (κ2) is 10.9. The number of nitrogens with zero attached hydrogens (tertiary/aromatic N) is 5. The number of aromatic nitrogens is 4. The Morgan fingerprint density at radius 3 is 2.25 bits per heavy atom. The molecule has 1 aliphatic carbocycles. The summed E-state index contributed by atoms with van der Waals surface area (Å²) in [6, 6.07) is 36.1. The Morgan fingerprint density at radius 2 is 1.45 bits per heavy atom. The maximum atomic E-state index is 5.01. The van der Waals surface area contributed by atoms with E-state index in [0.717, 1.165) is 46.6 Å². The lowest BCUT2D eigenvalue weighted by molar-refractivity contribution is 0.864. The number of allylic oxidation sites excluding steroid dienone is 1. The molecule has 2 heterocycles. The van der Waals surface area contributed by atoms with E-state index >= 15 is 0 Å². The number of benzene rings is 5. The number of aliphatic imine (C=N–C) groups is 1. The van der Waals surface area contributed by atoms with E-state index in [1.165, 1.54) is 32.7 Å². The molecule has 5 aromatic carbocycles. The lowest BCUT2D eigenvalue weighted by Gasteiger charge is -2.11. The first-order valence-corrected chi connectivity index (χ1v) is 14.9. The summed E-state index contributed by atoms with van der Waals surface area (Å²) in [5.74, 6) is 1.18. The summed E-state index contributed by atoms with van der Waals surface area (Å²) in [4.78, 5) is 15.0. The first-order chi connectivity index (χ1) is 21.7. The average Bonchev–Trinajstić information content (AvgIpc) is 3.42. The standard InChI is InChI=1S/C39H29N5/c1-26-36(21-16-27-14-17-29-8-2-5-11-32(29)22-27)41-39-42-37(35-20-19-31-10-4-7-13-34(31)24-35)38(44(39)43-26)40-25-28-15-18-30-9-3-6-12-33(30)23-28/h2-3,5-9,11-25H,4,10H2,1H3/b21-16+,40-25?. The molecule has 0 saturated heterocycles. The van der Waals surface area contributed by atoms with Crippen molar-refractivity contribution in [2.75, 3.05) is 0 Å². The van der Waals surface area contributed by atoms with Crippen LogP contribution in [-0.2, 0) is 6.42 Å². The molecule has 44 heavy (non-hydrogen) atoms. The van der Waals surface area contributed by atoms with Gasteiger partial charge in [-0.3, -0.25) is 0 Å². The summed E-state index contributed by atoms with van der Waals surface area (Å²) in [5, 5.41) is 9.76. The highest BCUT2D eigenvalue weighted by Crippen LogP contribution is 2.33. The summed E-state index contributed by atoms with van der Waals surface area (Å²) >= 11 is 0. The Bertz CT molecular complexity index is 2300. The van der Waals surface area contributed by atoms with Gasteiger partial charge in [0, 0.05) is 11.8 Å². The van der Waals surface area contributed by atoms with Crippen LogP contribution in [0.5, 0.6) is 0 Å². The maximum absolute atomic E-state index is 5.01. The zero-order valence-corrected chi connectivity index (χ0v) is 24.4. The van der Waals surface area contributed by atoms with Gasteiger partial charge in [0.25, 0.3) is 5.78 Å². The van der Waals surface area contributed by atoms with E-state index in [4.69, 9.17) is 20.1 Å². The molecule has 5 heteroatoms. The SMILES string of the molecule is Cc1nn2c(N=Cc3ccc4ccccc4c3)c(-c3ccc4c(c3)C=CCC4)nc2nc1/C=C/c1ccc2ccccc2c1. The van der Waals surface area contributed by atoms with Crippen molar-refractivity contribution < 1.29 is 0 Å². The number of hydrogen-bond acceptors (Lipinski definition) is 4. The fourth-order valence-electron chi connectivity index (χ4n) is 5.90. The zero-order valence-electron chi connectivity index (χ0n) is 24.4. The summed E-state index contributed by atoms with van der Waals surface area (Å²) in [6.45, 7) is 1.98. The predicted molar refractivity (Wildman–Crippen MR) is 182 cm³/mol. The highest BCUT2D eigenvalue weighted by molar-refractivity contribution is 5.92. The smallest absolute Gasteiger partial charge is 0.234 e. The van der Waals surface area contributed by atoms with Crippen molar-refractivity contribution in [3.05, 3.63) is 143 Å². The van der Waals surface area contributed by atoms with Gasteiger partial charge < -0.3 is 0 Å². The van der Waals surface area contributed by atoms with Gasteiger partial charge in [-0.15, -0.1) is 0 Å². The Labute approximate surface area is 255 Å². The molecule has 1 aliphatic rings. The zero-order chi connectivity index (χ0) is 29.5. The molecule has 0 saturated carbocycles. The van der Waals surface area contributed by atoms with E-state index in [1.54, 1.807) is 4.52 Å². The van der Waals surface area contributed by atoms with E-state index in [1.807, 2.05) is 19.2 Å². The second-order valence-electron chi connectivity index (χ2n) is 11.2. The highest BCUT2D eigenvalue weighted by Gasteiger charge is 2.18. The lowest BCUT2D eigenvalue weighted by atomic mass is 9.95. The minimum Gasteiger partial charge on any atom is -0.234 e. The van der Waals surface area contributed by atoms with E-state index in [9.17, 15) is 0 Å². The first-order valence-electron chi connectivity index (χ1n) is 14.9. The maximum Gasteiger partial charge on any atom is 0.253 e. The van der Waals surface area contributed by atoms with E-state index in [-0.39, 0.29) is 0 Å². The van der Waals surface area contributed by atoms with Gasteiger partial charge in [0.1, 0.15) is 5.69 Å². The summed E-state index contributed by atoms with van der Waals surface area (Å²) in [6.07, 6.45) is 12.6. The van der Waals surface area contributed by atoms with Gasteiger partial charge in [-0.25, -0.2) is 15.0 Å². The third-order valence-corrected chi connectivity index (χ3v) is 8.27. The predicted octanol–water partition coefficient (Wildman–Crippen LogP) is 9.29. The molecule has 0 N–H and O–H groups in total. The average molecular weight is 568 g/mol. The third-order valence-electron chi connectivity index (χ3n) is 8.27. The molecule has 2 aromatic heterocycles. The van der Waals surface area contributed by atoms with Crippen molar-refractivity contribution in [1.29, 1.82) is 0 Å². The van der Waals surface area contributed by atoms with Crippen LogP contribution >= 0.6 is 0 Å². The van der Waals surface area contributed by atoms with Crippen LogP contribution in [0.2, 0.25) is 0 Å². The van der Waals surface area contributed by atoms with Crippen LogP contribution in [0.4, 0.5) is 5.82 Å². The Balaban J connectivity index is 1.23. The number of aryl methyl sites for hydroxylation is 2. The van der Waals surface area contributed by atoms with Crippen molar-refractivity contribution in [1.82, 2.24) is 19.6 Å². The Kier molecular flexibility index (Phi) is 6.42. The third kappa shape index (κ3) is 4.88. The number of hydrogen-bond donors (Lipinski definition) is 0. The van der Waals surface area contributed by atoms with Crippen molar-refractivity contribution >= 4 is 57.6 Å². The van der Waals surface area contributed by atoms with Gasteiger partial charge in [-0.1, -0.05) is 103 Å². The lowest BCUT2D eigenvalue weighted by Crippen LogP contribution is -2.01. The number of rotatable bonds is 5. The van der Waals surface area contributed by atoms with Gasteiger partial charge in [0.05, 0.1) is 11.4 Å². The summed E-state index contributed by atoms with van der Waals surface area (Å²) in [5.41, 5.74) is 8.04. The Morgan fingerprint density at radius 1 is 0.727 bits per heavy atom. The van der Waals surface area contributed by atoms with Crippen LogP contribution in [0.25, 0.3) is 56.8 Å². The van der Waals surface area contributed by atoms with Crippen LogP contribution in [-0.4, -0.2) is 25.8 Å². The number of imidazole rings is 1.